The molecule has 1 aromatic carbocycles. The molecule has 2 N–H and O–H groups in total. The number of aromatic nitrogens is 2. The van der Waals surface area contributed by atoms with Crippen molar-refractivity contribution in [2.45, 2.75) is 104 Å². The van der Waals surface area contributed by atoms with Gasteiger partial charge in [-0.2, -0.15) is 13.8 Å². The summed E-state index contributed by atoms with van der Waals surface area (Å²) in [4.78, 5) is 37.9. The van der Waals surface area contributed by atoms with Gasteiger partial charge in [0, 0.05) is 51.4 Å². The summed E-state index contributed by atoms with van der Waals surface area (Å²) in [5, 5.41) is 6.41. The molecule has 0 radical (unpaired) electrons. The molecule has 0 bridgehead atoms. The summed E-state index contributed by atoms with van der Waals surface area (Å²) in [7, 11) is 2.79. The molecule has 50 heavy (non-hydrogen) atoms. The van der Waals surface area contributed by atoms with Gasteiger partial charge in [0.1, 0.15) is 11.4 Å². The van der Waals surface area contributed by atoms with E-state index in [0.717, 1.165) is 42.4 Å². The lowest BCUT2D eigenvalue weighted by molar-refractivity contribution is -0.140. The van der Waals surface area contributed by atoms with Gasteiger partial charge in [-0.05, 0) is 62.6 Å². The first-order valence-electron chi connectivity index (χ1n) is 18.2. The van der Waals surface area contributed by atoms with Gasteiger partial charge in [0.2, 0.25) is 5.95 Å². The van der Waals surface area contributed by atoms with Crippen LogP contribution in [0.15, 0.2) is 24.4 Å². The van der Waals surface area contributed by atoms with E-state index in [0.29, 0.717) is 22.8 Å². The molecule has 3 saturated carbocycles. The fraction of sp³-hybridized carbons (Fsp3) is 0.684. The first-order chi connectivity index (χ1) is 23.6. The second-order valence-corrected chi connectivity index (χ2v) is 14.4. The van der Waals surface area contributed by atoms with Crippen molar-refractivity contribution in [3.05, 3.63) is 30.0 Å². The number of benzene rings is 1. The third kappa shape index (κ3) is 10.6. The molecule has 1 amide bonds. The van der Waals surface area contributed by atoms with Crippen molar-refractivity contribution in [1.82, 2.24) is 20.2 Å². The SMILES string of the molecule is C.C1CN(CC2CC2)CCN1.CC1CCCCC1.COc1cc(C(C)=O)ccc1Nc1ncc2c(n1)N(C1CCCC1)CC(F)(F)C(=O)N2C. The standard InChI is InChI=1S/C22H25F2N5O3.C8H16N2.C7H14.CH4/c1-13(30)14-8-9-16(18(10-14)32-3)26-21-25-11-17-19(27-21)29(15-6-4-5-7-15)12-22(23,24)20(31)28(17)2;1-2-8(1)7-10-5-3-9-4-6-10;1-7-5-3-2-4-6-7;/h8-11,15H,4-7,12H2,1-3H3,(H,25,26,27);8-9H,1-7H2;7H,2-6H2,1H3;1H4. The second kappa shape index (κ2) is 18.2. The summed E-state index contributed by atoms with van der Waals surface area (Å²) in [6, 6.07) is 4.80. The summed E-state index contributed by atoms with van der Waals surface area (Å²) >= 11 is 0. The molecule has 1 saturated heterocycles. The zero-order valence-corrected chi connectivity index (χ0v) is 29.8. The number of rotatable bonds is 7. The van der Waals surface area contributed by atoms with E-state index in [2.05, 4.69) is 32.4 Å². The van der Waals surface area contributed by atoms with Crippen LogP contribution in [0, 0.1) is 11.8 Å². The number of methoxy groups -OCH3 is 1. The quantitative estimate of drug-likeness (QED) is 0.288. The molecular formula is C38H59F2N7O3. The van der Waals surface area contributed by atoms with Crippen LogP contribution < -0.4 is 25.2 Å². The number of piperazine rings is 1. The minimum Gasteiger partial charge on any atom is -0.495 e. The Morgan fingerprint density at radius 2 is 1.70 bits per heavy atom. The third-order valence-electron chi connectivity index (χ3n) is 10.3. The highest BCUT2D eigenvalue weighted by atomic mass is 19.3. The van der Waals surface area contributed by atoms with Gasteiger partial charge in [-0.15, -0.1) is 0 Å². The van der Waals surface area contributed by atoms with E-state index < -0.39 is 18.4 Å². The number of ether oxygens (including phenoxy) is 1. The minimum absolute atomic E-state index is 0. The van der Waals surface area contributed by atoms with Crippen LogP contribution in [0.4, 0.5) is 31.9 Å². The zero-order valence-electron chi connectivity index (χ0n) is 29.8. The van der Waals surface area contributed by atoms with Crippen LogP contribution in [-0.2, 0) is 4.79 Å². The van der Waals surface area contributed by atoms with E-state index in [4.69, 9.17) is 4.74 Å². The molecule has 4 fully saturated rings. The summed E-state index contributed by atoms with van der Waals surface area (Å²) in [6.45, 7) is 9.43. The molecule has 0 atom stereocenters. The lowest BCUT2D eigenvalue weighted by Crippen LogP contribution is -2.48. The number of ketones is 1. The maximum Gasteiger partial charge on any atom is 0.342 e. The van der Waals surface area contributed by atoms with E-state index in [1.165, 1.54) is 105 Å². The maximum atomic E-state index is 14.7. The van der Waals surface area contributed by atoms with E-state index in [9.17, 15) is 18.4 Å². The molecule has 278 valence electrons. The normalized spacial score (nSPS) is 21.0. The van der Waals surface area contributed by atoms with Crippen molar-refractivity contribution in [2.24, 2.45) is 11.8 Å². The van der Waals surface area contributed by atoms with Crippen LogP contribution in [-0.4, -0.2) is 91.9 Å². The van der Waals surface area contributed by atoms with E-state index >= 15 is 0 Å². The predicted octanol–water partition coefficient (Wildman–Crippen LogP) is 7.32. The molecule has 2 aromatic rings. The molecule has 3 aliphatic carbocycles. The number of fused-ring (bicyclic) bond motifs is 1. The first kappa shape index (κ1) is 39.4. The van der Waals surface area contributed by atoms with Crippen molar-refractivity contribution < 1.29 is 23.1 Å². The lowest BCUT2D eigenvalue weighted by atomic mass is 9.91. The Morgan fingerprint density at radius 1 is 1.04 bits per heavy atom. The van der Waals surface area contributed by atoms with Gasteiger partial charge < -0.3 is 30.1 Å². The van der Waals surface area contributed by atoms with Crippen LogP contribution in [0.5, 0.6) is 5.75 Å². The van der Waals surface area contributed by atoms with Gasteiger partial charge in [0.15, 0.2) is 11.6 Å². The Kier molecular flexibility index (Phi) is 14.4. The average Bonchev–Trinajstić information content (AvgIpc) is 3.76. The number of nitrogens with zero attached hydrogens (tertiary/aromatic N) is 5. The van der Waals surface area contributed by atoms with Crippen LogP contribution >= 0.6 is 0 Å². The molecule has 12 heteroatoms. The molecule has 7 rings (SSSR count). The van der Waals surface area contributed by atoms with E-state index in [-0.39, 0.29) is 30.9 Å². The summed E-state index contributed by atoms with van der Waals surface area (Å²) in [5.74, 6) is -1.91. The molecule has 0 unspecified atom stereocenters. The van der Waals surface area contributed by atoms with Crippen molar-refractivity contribution >= 4 is 34.8 Å². The summed E-state index contributed by atoms with van der Waals surface area (Å²) in [6.07, 6.45) is 15.2. The van der Waals surface area contributed by atoms with Crippen molar-refractivity contribution in [1.29, 1.82) is 0 Å². The number of anilines is 4. The highest BCUT2D eigenvalue weighted by molar-refractivity contribution is 6.02. The monoisotopic (exact) mass is 699 g/mol. The third-order valence-corrected chi connectivity index (χ3v) is 10.3. The number of amides is 1. The number of hydrogen-bond donors (Lipinski definition) is 2. The van der Waals surface area contributed by atoms with E-state index in [1.807, 2.05) is 0 Å². The summed E-state index contributed by atoms with van der Waals surface area (Å²) < 4.78 is 34.7. The number of alkyl halides is 2. The minimum atomic E-state index is -3.53. The fourth-order valence-corrected chi connectivity index (χ4v) is 7.10. The van der Waals surface area contributed by atoms with Crippen LogP contribution in [0.3, 0.4) is 0 Å². The molecule has 3 heterocycles. The number of carbonyl (C=O) groups excluding carboxylic acids is 2. The van der Waals surface area contributed by atoms with Gasteiger partial charge in [0.25, 0.3) is 5.91 Å². The number of nitrogens with one attached hydrogen (secondary N) is 2. The smallest absolute Gasteiger partial charge is 0.342 e. The Labute approximate surface area is 297 Å². The van der Waals surface area contributed by atoms with Gasteiger partial charge in [-0.1, -0.05) is 59.3 Å². The molecule has 1 aromatic heterocycles. The second-order valence-electron chi connectivity index (χ2n) is 14.4. The van der Waals surface area contributed by atoms with Crippen molar-refractivity contribution in [3.63, 3.8) is 0 Å². The Hall–Kier alpha value is -3.38. The fourth-order valence-electron chi connectivity index (χ4n) is 7.10. The van der Waals surface area contributed by atoms with Crippen molar-refractivity contribution in [3.8, 4) is 5.75 Å². The lowest BCUT2D eigenvalue weighted by Gasteiger charge is -2.31. The van der Waals surface area contributed by atoms with Gasteiger partial charge in [0.05, 0.1) is 25.5 Å². The molecule has 2 aliphatic heterocycles. The molecule has 0 spiro atoms. The average molecular weight is 700 g/mol. The first-order valence-corrected chi connectivity index (χ1v) is 18.2. The maximum absolute atomic E-state index is 14.7. The van der Waals surface area contributed by atoms with Crippen molar-refractivity contribution in [2.75, 3.05) is 68.5 Å². The predicted molar refractivity (Wildman–Crippen MR) is 197 cm³/mol. The highest BCUT2D eigenvalue weighted by Gasteiger charge is 2.48. The largest absolute Gasteiger partial charge is 0.495 e. The topological polar surface area (TPSA) is 103 Å². The Bertz CT molecular complexity index is 1400. The Balaban J connectivity index is 0.000000253. The molecular weight excluding hydrogens is 640 g/mol. The Morgan fingerprint density at radius 3 is 2.28 bits per heavy atom. The zero-order chi connectivity index (χ0) is 35.0. The van der Waals surface area contributed by atoms with Crippen LogP contribution in [0.25, 0.3) is 0 Å². The van der Waals surface area contributed by atoms with E-state index in [1.54, 1.807) is 23.1 Å². The number of hydrogen-bond acceptors (Lipinski definition) is 9. The number of carbonyl (C=O) groups is 2. The summed E-state index contributed by atoms with van der Waals surface area (Å²) in [5.41, 5.74) is 1.25. The van der Waals surface area contributed by atoms with Crippen LogP contribution in [0.1, 0.15) is 102 Å². The molecule has 10 nitrogen and oxygen atoms in total. The number of Topliss-reactive ketones (excluding diaryl/α,β-unsaturated/α-hetero) is 1. The highest BCUT2D eigenvalue weighted by Crippen LogP contribution is 2.40. The van der Waals surface area contributed by atoms with Gasteiger partial charge in [-0.25, -0.2) is 4.98 Å². The molecule has 5 aliphatic rings. The van der Waals surface area contributed by atoms with Gasteiger partial charge in [-0.3, -0.25) is 9.59 Å². The van der Waals surface area contributed by atoms with Gasteiger partial charge >= 0.3 is 5.92 Å². The van der Waals surface area contributed by atoms with Crippen LogP contribution in [0.2, 0.25) is 0 Å². The number of halogens is 2.